The normalized spacial score (nSPS) is 9.81. The molecule has 1 aromatic heterocycles. The van der Waals surface area contributed by atoms with Crippen molar-refractivity contribution in [3.63, 3.8) is 0 Å². The Morgan fingerprint density at radius 1 is 1.48 bits per heavy atom. The lowest BCUT2D eigenvalue weighted by Crippen LogP contribution is -2.25. The minimum atomic E-state index is -0.164. The quantitative estimate of drug-likeness (QED) is 0.804. The van der Waals surface area contributed by atoms with E-state index in [1.165, 1.54) is 0 Å². The Hall–Kier alpha value is -2.65. The van der Waals surface area contributed by atoms with Crippen LogP contribution in [0.2, 0.25) is 0 Å². The van der Waals surface area contributed by atoms with Crippen LogP contribution in [-0.2, 0) is 6.42 Å². The molecule has 0 aliphatic rings. The molecular formula is C15H16N4O2. The first-order valence-electron chi connectivity index (χ1n) is 6.55. The maximum Gasteiger partial charge on any atom is 0.251 e. The third-order valence-electron chi connectivity index (χ3n) is 2.65. The molecule has 0 saturated carbocycles. The number of aromatic nitrogens is 2. The second-order valence-electron chi connectivity index (χ2n) is 4.33. The molecule has 0 unspecified atom stereocenters. The van der Waals surface area contributed by atoms with Gasteiger partial charge in [-0.3, -0.25) is 4.79 Å². The number of nitrogens with zero attached hydrogens (tertiary/aromatic N) is 2. The van der Waals surface area contributed by atoms with Crippen molar-refractivity contribution in [1.29, 1.82) is 0 Å². The Balaban J connectivity index is 1.91. The summed E-state index contributed by atoms with van der Waals surface area (Å²) in [5.74, 6) is 6.58. The smallest absolute Gasteiger partial charge is 0.251 e. The summed E-state index contributed by atoms with van der Waals surface area (Å²) in [4.78, 5) is 16.1. The topological polar surface area (TPSA) is 94.0 Å². The van der Waals surface area contributed by atoms with Crippen LogP contribution in [0.3, 0.4) is 0 Å². The molecule has 21 heavy (non-hydrogen) atoms. The molecule has 0 aliphatic heterocycles. The van der Waals surface area contributed by atoms with Gasteiger partial charge in [0.2, 0.25) is 5.89 Å². The van der Waals surface area contributed by atoms with Gasteiger partial charge in [-0.15, -0.1) is 0 Å². The predicted molar refractivity (Wildman–Crippen MR) is 77.4 cm³/mol. The largest absolute Gasteiger partial charge is 0.352 e. The fourth-order valence-corrected chi connectivity index (χ4v) is 1.72. The Morgan fingerprint density at radius 3 is 3.05 bits per heavy atom. The monoisotopic (exact) mass is 284 g/mol. The van der Waals surface area contributed by atoms with Gasteiger partial charge in [0.25, 0.3) is 5.91 Å². The molecule has 0 radical (unpaired) electrons. The number of carbonyl (C=O) groups is 1. The number of rotatable bonds is 4. The first-order valence-corrected chi connectivity index (χ1v) is 6.55. The Bertz CT molecular complexity index is 682. The lowest BCUT2D eigenvalue weighted by Gasteiger charge is -2.03. The van der Waals surface area contributed by atoms with E-state index in [1.807, 2.05) is 6.07 Å². The Morgan fingerprint density at radius 2 is 2.33 bits per heavy atom. The van der Waals surface area contributed by atoms with E-state index in [4.69, 9.17) is 10.3 Å². The van der Waals surface area contributed by atoms with Crippen LogP contribution in [0.4, 0.5) is 0 Å². The number of carbonyl (C=O) groups excluding carboxylic acids is 1. The van der Waals surface area contributed by atoms with E-state index in [0.717, 1.165) is 5.56 Å². The second kappa shape index (κ2) is 7.22. The number of nitrogens with two attached hydrogens (primary N) is 1. The van der Waals surface area contributed by atoms with E-state index in [1.54, 1.807) is 25.1 Å². The number of benzene rings is 1. The maximum absolute atomic E-state index is 12.0. The van der Waals surface area contributed by atoms with Crippen molar-refractivity contribution in [2.24, 2.45) is 5.73 Å². The van der Waals surface area contributed by atoms with Gasteiger partial charge >= 0.3 is 0 Å². The molecule has 1 amide bonds. The molecule has 0 aliphatic carbocycles. The number of aryl methyl sites for hydroxylation is 1. The molecule has 2 aromatic rings. The minimum absolute atomic E-state index is 0.164. The molecule has 6 nitrogen and oxygen atoms in total. The van der Waals surface area contributed by atoms with E-state index < -0.39 is 0 Å². The molecule has 2 rings (SSSR count). The van der Waals surface area contributed by atoms with Gasteiger partial charge < -0.3 is 15.6 Å². The molecule has 3 N–H and O–H groups in total. The molecular weight excluding hydrogens is 268 g/mol. The summed E-state index contributed by atoms with van der Waals surface area (Å²) in [6.07, 6.45) is 0.499. The number of nitrogens with one attached hydrogen (secondary N) is 1. The van der Waals surface area contributed by atoms with Gasteiger partial charge in [0.15, 0.2) is 5.82 Å². The van der Waals surface area contributed by atoms with E-state index in [-0.39, 0.29) is 5.91 Å². The molecule has 6 heteroatoms. The summed E-state index contributed by atoms with van der Waals surface area (Å²) in [6.45, 7) is 2.47. The van der Waals surface area contributed by atoms with Gasteiger partial charge in [0.1, 0.15) is 0 Å². The fourth-order valence-electron chi connectivity index (χ4n) is 1.72. The van der Waals surface area contributed by atoms with Crippen LogP contribution in [0.1, 0.15) is 27.6 Å². The van der Waals surface area contributed by atoms with Gasteiger partial charge in [-0.1, -0.05) is 23.1 Å². The van der Waals surface area contributed by atoms with Crippen molar-refractivity contribution in [1.82, 2.24) is 15.5 Å². The highest BCUT2D eigenvalue weighted by atomic mass is 16.5. The zero-order valence-corrected chi connectivity index (χ0v) is 11.7. The Kier molecular flexibility index (Phi) is 5.07. The number of hydrogen-bond donors (Lipinski definition) is 2. The van der Waals surface area contributed by atoms with Crippen LogP contribution >= 0.6 is 0 Å². The maximum atomic E-state index is 12.0. The van der Waals surface area contributed by atoms with Crippen LogP contribution in [0.5, 0.6) is 0 Å². The first kappa shape index (κ1) is 14.8. The number of hydrogen-bond acceptors (Lipinski definition) is 5. The summed E-state index contributed by atoms with van der Waals surface area (Å²) in [5, 5.41) is 6.49. The van der Waals surface area contributed by atoms with E-state index in [0.29, 0.717) is 36.8 Å². The van der Waals surface area contributed by atoms with Crippen molar-refractivity contribution in [3.05, 3.63) is 47.1 Å². The fraction of sp³-hybridized carbons (Fsp3) is 0.267. The molecule has 1 heterocycles. The highest BCUT2D eigenvalue weighted by Crippen LogP contribution is 2.04. The molecule has 1 aromatic carbocycles. The molecule has 0 fully saturated rings. The summed E-state index contributed by atoms with van der Waals surface area (Å²) >= 11 is 0. The summed E-state index contributed by atoms with van der Waals surface area (Å²) in [5.41, 5.74) is 6.64. The second-order valence-corrected chi connectivity index (χ2v) is 4.33. The highest BCUT2D eigenvalue weighted by molar-refractivity contribution is 5.94. The lowest BCUT2D eigenvalue weighted by atomic mass is 10.1. The van der Waals surface area contributed by atoms with E-state index >= 15 is 0 Å². The van der Waals surface area contributed by atoms with Crippen molar-refractivity contribution in [3.8, 4) is 11.8 Å². The zero-order chi connectivity index (χ0) is 15.1. The summed E-state index contributed by atoms with van der Waals surface area (Å²) < 4.78 is 4.97. The summed E-state index contributed by atoms with van der Waals surface area (Å²) in [7, 11) is 0. The standard InChI is InChI=1S/C15H16N4O2/c1-11-18-14(21-19-11)7-9-17-15(20)13-6-2-4-12(10-13)5-3-8-16/h2,4,6,10H,7-9,16H2,1H3,(H,17,20). The van der Waals surface area contributed by atoms with Gasteiger partial charge in [0.05, 0.1) is 6.54 Å². The molecule has 0 bridgehead atoms. The van der Waals surface area contributed by atoms with Crippen LogP contribution in [-0.4, -0.2) is 29.1 Å². The molecule has 0 saturated heterocycles. The van der Waals surface area contributed by atoms with Gasteiger partial charge in [-0.25, -0.2) is 0 Å². The average molecular weight is 284 g/mol. The van der Waals surface area contributed by atoms with E-state index in [2.05, 4.69) is 27.3 Å². The van der Waals surface area contributed by atoms with Gasteiger partial charge in [-0.2, -0.15) is 4.98 Å². The Labute approximate surface area is 122 Å². The van der Waals surface area contributed by atoms with Crippen LogP contribution in [0.25, 0.3) is 0 Å². The SMILES string of the molecule is Cc1noc(CCNC(=O)c2cccc(C#CCN)c2)n1. The van der Waals surface area contributed by atoms with Crippen LogP contribution in [0, 0.1) is 18.8 Å². The van der Waals surface area contributed by atoms with Gasteiger partial charge in [0, 0.05) is 24.1 Å². The lowest BCUT2D eigenvalue weighted by molar-refractivity contribution is 0.0953. The van der Waals surface area contributed by atoms with Crippen molar-refractivity contribution >= 4 is 5.91 Å². The first-order chi connectivity index (χ1) is 10.2. The third kappa shape index (κ3) is 4.44. The van der Waals surface area contributed by atoms with Crippen LogP contribution < -0.4 is 11.1 Å². The zero-order valence-electron chi connectivity index (χ0n) is 11.7. The molecule has 108 valence electrons. The van der Waals surface area contributed by atoms with Crippen molar-refractivity contribution in [2.45, 2.75) is 13.3 Å². The highest BCUT2D eigenvalue weighted by Gasteiger charge is 2.07. The summed E-state index contributed by atoms with van der Waals surface area (Å²) in [6, 6.07) is 7.09. The van der Waals surface area contributed by atoms with Crippen molar-refractivity contribution in [2.75, 3.05) is 13.1 Å². The third-order valence-corrected chi connectivity index (χ3v) is 2.65. The predicted octanol–water partition coefficient (Wildman–Crippen LogP) is 0.661. The average Bonchev–Trinajstić information content (AvgIpc) is 2.91. The van der Waals surface area contributed by atoms with E-state index in [9.17, 15) is 4.79 Å². The minimum Gasteiger partial charge on any atom is -0.352 e. The van der Waals surface area contributed by atoms with Gasteiger partial charge in [-0.05, 0) is 25.1 Å². The van der Waals surface area contributed by atoms with Crippen molar-refractivity contribution < 1.29 is 9.32 Å². The van der Waals surface area contributed by atoms with Crippen LogP contribution in [0.15, 0.2) is 28.8 Å². The number of amides is 1. The molecule has 0 spiro atoms. The molecule has 0 atom stereocenters.